The third-order valence-electron chi connectivity index (χ3n) is 2.90. The number of carbonyl (C=O) groups is 2. The fraction of sp³-hybridized carbons (Fsp3) is 0.500. The number of hydrogen-bond donors (Lipinski definition) is 1. The van der Waals surface area contributed by atoms with E-state index >= 15 is 0 Å². The van der Waals surface area contributed by atoms with E-state index in [4.69, 9.17) is 5.11 Å². The number of carboxylic acids is 1. The van der Waals surface area contributed by atoms with Crippen LogP contribution in [0.5, 0.6) is 0 Å². The molecular weight excluding hydrogens is 206 g/mol. The molecule has 4 heteroatoms. The lowest BCUT2D eigenvalue weighted by molar-refractivity contribution is -0.144. The smallest absolute Gasteiger partial charge is 0.308 e. The first-order valence-corrected chi connectivity index (χ1v) is 5.35. The van der Waals surface area contributed by atoms with Crippen LogP contribution in [0.2, 0.25) is 0 Å². The fourth-order valence-electron chi connectivity index (χ4n) is 2.15. The predicted molar refractivity (Wildman–Crippen MR) is 60.9 cm³/mol. The van der Waals surface area contributed by atoms with Gasteiger partial charge in [-0.2, -0.15) is 0 Å². The van der Waals surface area contributed by atoms with Crippen LogP contribution in [-0.2, 0) is 9.59 Å². The van der Waals surface area contributed by atoms with Crippen molar-refractivity contribution in [1.29, 1.82) is 0 Å². The highest BCUT2D eigenvalue weighted by atomic mass is 16.4. The van der Waals surface area contributed by atoms with Gasteiger partial charge in [0.1, 0.15) is 0 Å². The fourth-order valence-corrected chi connectivity index (χ4v) is 2.15. The number of rotatable bonds is 6. The van der Waals surface area contributed by atoms with E-state index in [0.29, 0.717) is 25.8 Å². The molecule has 1 aliphatic rings. The summed E-state index contributed by atoms with van der Waals surface area (Å²) in [6, 6.07) is -0.221. The highest BCUT2D eigenvalue weighted by Gasteiger charge is 2.38. The summed E-state index contributed by atoms with van der Waals surface area (Å²) in [5, 5.41) is 9.13. The first-order valence-electron chi connectivity index (χ1n) is 5.35. The van der Waals surface area contributed by atoms with Crippen molar-refractivity contribution in [3.8, 4) is 0 Å². The normalized spacial score (nSPS) is 21.9. The Kier molecular flexibility index (Phi) is 4.28. The molecule has 88 valence electrons. The molecule has 0 aromatic rings. The summed E-state index contributed by atoms with van der Waals surface area (Å²) in [5.41, 5.74) is 0. The van der Waals surface area contributed by atoms with Crippen LogP contribution >= 0.6 is 0 Å². The number of nitrogens with zero attached hydrogens (tertiary/aromatic N) is 1. The Hall–Kier alpha value is -1.58. The van der Waals surface area contributed by atoms with Gasteiger partial charge in [-0.1, -0.05) is 12.2 Å². The summed E-state index contributed by atoms with van der Waals surface area (Å²) in [6.07, 6.45) is 4.65. The molecule has 2 atom stereocenters. The maximum atomic E-state index is 11.6. The van der Waals surface area contributed by atoms with Crippen molar-refractivity contribution in [1.82, 2.24) is 4.90 Å². The van der Waals surface area contributed by atoms with Gasteiger partial charge in [0.15, 0.2) is 0 Å². The molecule has 1 fully saturated rings. The number of aliphatic carboxylic acids is 1. The predicted octanol–water partition coefficient (Wildman–Crippen LogP) is 1.44. The molecule has 1 heterocycles. The average Bonchev–Trinajstić information content (AvgIpc) is 2.58. The van der Waals surface area contributed by atoms with Gasteiger partial charge in [-0.05, 0) is 12.8 Å². The number of carboxylic acid groups (broad SMARTS) is 1. The molecule has 1 saturated heterocycles. The highest BCUT2D eigenvalue weighted by Crippen LogP contribution is 2.27. The van der Waals surface area contributed by atoms with Crippen LogP contribution in [0.1, 0.15) is 19.3 Å². The van der Waals surface area contributed by atoms with Crippen molar-refractivity contribution >= 4 is 11.9 Å². The van der Waals surface area contributed by atoms with E-state index in [1.807, 2.05) is 0 Å². The quantitative estimate of drug-likeness (QED) is 0.693. The van der Waals surface area contributed by atoms with Gasteiger partial charge in [0.05, 0.1) is 5.92 Å². The lowest BCUT2D eigenvalue weighted by Crippen LogP contribution is -2.41. The molecule has 4 nitrogen and oxygen atoms in total. The first-order chi connectivity index (χ1) is 7.61. The summed E-state index contributed by atoms with van der Waals surface area (Å²) in [4.78, 5) is 24.3. The zero-order valence-corrected chi connectivity index (χ0v) is 9.26. The zero-order valence-electron chi connectivity index (χ0n) is 9.26. The molecule has 1 aliphatic heterocycles. The van der Waals surface area contributed by atoms with E-state index in [1.165, 1.54) is 0 Å². The largest absolute Gasteiger partial charge is 0.481 e. The lowest BCUT2D eigenvalue weighted by Gasteiger charge is -2.28. The molecule has 16 heavy (non-hydrogen) atoms. The van der Waals surface area contributed by atoms with Crippen molar-refractivity contribution < 1.29 is 14.7 Å². The van der Waals surface area contributed by atoms with E-state index in [9.17, 15) is 9.59 Å². The third-order valence-corrected chi connectivity index (χ3v) is 2.90. The molecule has 0 aromatic heterocycles. The van der Waals surface area contributed by atoms with E-state index < -0.39 is 11.9 Å². The van der Waals surface area contributed by atoms with Crippen LogP contribution in [0, 0.1) is 5.92 Å². The van der Waals surface area contributed by atoms with Crippen molar-refractivity contribution in [3.63, 3.8) is 0 Å². The van der Waals surface area contributed by atoms with Gasteiger partial charge < -0.3 is 10.0 Å². The average molecular weight is 223 g/mol. The molecule has 0 bridgehead atoms. The molecule has 0 saturated carbocycles. The Morgan fingerprint density at radius 3 is 2.75 bits per heavy atom. The monoisotopic (exact) mass is 223 g/mol. The van der Waals surface area contributed by atoms with Gasteiger partial charge in [-0.25, -0.2) is 0 Å². The van der Waals surface area contributed by atoms with Crippen LogP contribution in [0.4, 0.5) is 0 Å². The minimum Gasteiger partial charge on any atom is -0.481 e. The number of hydrogen-bond acceptors (Lipinski definition) is 2. The van der Waals surface area contributed by atoms with Crippen LogP contribution in [0.15, 0.2) is 25.3 Å². The van der Waals surface area contributed by atoms with E-state index in [0.717, 1.165) is 0 Å². The van der Waals surface area contributed by atoms with Crippen molar-refractivity contribution in [2.75, 3.05) is 6.54 Å². The van der Waals surface area contributed by atoms with Gasteiger partial charge in [0, 0.05) is 19.0 Å². The minimum absolute atomic E-state index is 0.0141. The molecule has 2 unspecified atom stereocenters. The standard InChI is InChI=1S/C12H17NO3/c1-3-5-9(12(15)16)10-6-7-11(14)13(10)8-4-2/h3-4,9-10H,1-2,5-8H2,(H,15,16). The maximum absolute atomic E-state index is 11.6. The van der Waals surface area contributed by atoms with Crippen molar-refractivity contribution in [2.24, 2.45) is 5.92 Å². The Morgan fingerprint density at radius 1 is 1.56 bits per heavy atom. The number of likely N-dealkylation sites (tertiary alicyclic amines) is 1. The summed E-state index contributed by atoms with van der Waals surface area (Å²) in [7, 11) is 0. The molecule has 1 N–H and O–H groups in total. The molecule has 1 amide bonds. The van der Waals surface area contributed by atoms with Gasteiger partial charge in [0.25, 0.3) is 0 Å². The minimum atomic E-state index is -0.867. The third kappa shape index (κ3) is 2.51. The van der Waals surface area contributed by atoms with Gasteiger partial charge in [0.2, 0.25) is 5.91 Å². The van der Waals surface area contributed by atoms with E-state index in [1.54, 1.807) is 17.1 Å². The molecule has 0 aliphatic carbocycles. The van der Waals surface area contributed by atoms with Crippen LogP contribution in [0.3, 0.4) is 0 Å². The highest BCUT2D eigenvalue weighted by molar-refractivity contribution is 5.81. The Balaban J connectivity index is 2.82. The van der Waals surface area contributed by atoms with E-state index in [-0.39, 0.29) is 11.9 Å². The number of carbonyl (C=O) groups excluding carboxylic acids is 1. The molecular formula is C12H17NO3. The van der Waals surface area contributed by atoms with Crippen molar-refractivity contribution in [2.45, 2.75) is 25.3 Å². The Labute approximate surface area is 95.2 Å². The summed E-state index contributed by atoms with van der Waals surface area (Å²) < 4.78 is 0. The Morgan fingerprint density at radius 2 is 2.25 bits per heavy atom. The van der Waals surface area contributed by atoms with Crippen LogP contribution in [0.25, 0.3) is 0 Å². The van der Waals surface area contributed by atoms with E-state index in [2.05, 4.69) is 13.2 Å². The van der Waals surface area contributed by atoms with Crippen LogP contribution in [-0.4, -0.2) is 34.5 Å². The second-order valence-electron chi connectivity index (χ2n) is 3.91. The molecule has 0 aromatic carbocycles. The maximum Gasteiger partial charge on any atom is 0.308 e. The Bertz CT molecular complexity index is 311. The van der Waals surface area contributed by atoms with Gasteiger partial charge in [-0.3, -0.25) is 9.59 Å². The zero-order chi connectivity index (χ0) is 12.1. The summed E-state index contributed by atoms with van der Waals surface area (Å²) >= 11 is 0. The number of amides is 1. The molecule has 1 rings (SSSR count). The van der Waals surface area contributed by atoms with Crippen LogP contribution < -0.4 is 0 Å². The SMILES string of the molecule is C=CCC(C(=O)O)C1CCC(=O)N1CC=C. The number of allylic oxidation sites excluding steroid dienone is 1. The van der Waals surface area contributed by atoms with Gasteiger partial charge in [-0.15, -0.1) is 13.2 Å². The summed E-state index contributed by atoms with van der Waals surface area (Å²) in [5.74, 6) is -1.40. The topological polar surface area (TPSA) is 57.6 Å². The lowest BCUT2D eigenvalue weighted by atomic mass is 9.94. The molecule has 0 spiro atoms. The second-order valence-corrected chi connectivity index (χ2v) is 3.91. The van der Waals surface area contributed by atoms with Gasteiger partial charge >= 0.3 is 5.97 Å². The second kappa shape index (κ2) is 5.49. The molecule has 0 radical (unpaired) electrons. The summed E-state index contributed by atoms with van der Waals surface area (Å²) in [6.45, 7) is 7.56. The van der Waals surface area contributed by atoms with Crippen molar-refractivity contribution in [3.05, 3.63) is 25.3 Å². The first kappa shape index (κ1) is 12.5.